The number of hydrogen-bond acceptors (Lipinski definition) is 2. The summed E-state index contributed by atoms with van der Waals surface area (Å²) in [6.45, 7) is 5.15. The number of rotatable bonds is 4. The summed E-state index contributed by atoms with van der Waals surface area (Å²) in [6.07, 6.45) is 0. The third-order valence-corrected chi connectivity index (χ3v) is 4.17. The van der Waals surface area contributed by atoms with Gasteiger partial charge >= 0.3 is 0 Å². The van der Waals surface area contributed by atoms with Crippen molar-refractivity contribution in [3.8, 4) is 0 Å². The number of halogens is 1. The number of nitrogen functional groups attached to an aromatic ring is 1. The Balaban J connectivity index is 2.13. The maximum Gasteiger partial charge on any atom is 0.0406 e. The lowest BCUT2D eigenvalue weighted by Gasteiger charge is -2.26. The predicted molar refractivity (Wildman–Crippen MR) is 86.9 cm³/mol. The van der Waals surface area contributed by atoms with E-state index in [1.165, 1.54) is 16.7 Å². The molecule has 0 aliphatic heterocycles. The molecule has 1 atom stereocenters. The van der Waals surface area contributed by atoms with Gasteiger partial charge in [0.25, 0.3) is 0 Å². The fourth-order valence-corrected chi connectivity index (χ4v) is 2.40. The van der Waals surface area contributed by atoms with Gasteiger partial charge in [-0.3, -0.25) is 4.90 Å². The zero-order chi connectivity index (χ0) is 14.7. The third kappa shape index (κ3) is 3.33. The normalized spacial score (nSPS) is 12.7. The van der Waals surface area contributed by atoms with E-state index in [4.69, 9.17) is 17.3 Å². The summed E-state index contributed by atoms with van der Waals surface area (Å²) in [5, 5.41) is 0.773. The van der Waals surface area contributed by atoms with E-state index in [1.54, 1.807) is 0 Å². The van der Waals surface area contributed by atoms with Crippen molar-refractivity contribution in [2.75, 3.05) is 12.8 Å². The lowest BCUT2D eigenvalue weighted by Crippen LogP contribution is -2.22. The summed E-state index contributed by atoms with van der Waals surface area (Å²) in [5.41, 5.74) is 10.5. The molecule has 0 bridgehead atoms. The zero-order valence-corrected chi connectivity index (χ0v) is 13.0. The van der Waals surface area contributed by atoms with Crippen molar-refractivity contribution < 1.29 is 0 Å². The van der Waals surface area contributed by atoms with Crippen LogP contribution in [0.1, 0.15) is 29.7 Å². The van der Waals surface area contributed by atoms with Gasteiger partial charge in [-0.1, -0.05) is 35.9 Å². The van der Waals surface area contributed by atoms with Gasteiger partial charge < -0.3 is 5.73 Å². The van der Waals surface area contributed by atoms with Crippen LogP contribution in [0.4, 0.5) is 5.69 Å². The van der Waals surface area contributed by atoms with Gasteiger partial charge in [0, 0.05) is 23.3 Å². The number of benzene rings is 2. The standard InChI is InChI=1S/C17H21ClN2/c1-12-15(5-4-6-17(12)19)11-20(3)13(2)14-7-9-16(18)10-8-14/h4-10,13H,11,19H2,1-3H3. The van der Waals surface area contributed by atoms with Crippen LogP contribution in [-0.2, 0) is 6.54 Å². The molecule has 0 radical (unpaired) electrons. The summed E-state index contributed by atoms with van der Waals surface area (Å²) in [6, 6.07) is 14.5. The first-order valence-electron chi connectivity index (χ1n) is 6.78. The minimum atomic E-state index is 0.327. The molecule has 2 nitrogen and oxygen atoms in total. The van der Waals surface area contributed by atoms with Crippen LogP contribution in [0.5, 0.6) is 0 Å². The van der Waals surface area contributed by atoms with Crippen molar-refractivity contribution in [1.82, 2.24) is 4.90 Å². The van der Waals surface area contributed by atoms with Gasteiger partial charge in [-0.25, -0.2) is 0 Å². The molecule has 0 aliphatic carbocycles. The third-order valence-electron chi connectivity index (χ3n) is 3.92. The lowest BCUT2D eigenvalue weighted by atomic mass is 10.0. The van der Waals surface area contributed by atoms with Gasteiger partial charge in [-0.05, 0) is 55.8 Å². The Morgan fingerprint density at radius 2 is 1.80 bits per heavy atom. The average Bonchev–Trinajstić information content (AvgIpc) is 2.44. The molecule has 3 heteroatoms. The highest BCUT2D eigenvalue weighted by Crippen LogP contribution is 2.24. The maximum atomic E-state index is 5.97. The smallest absolute Gasteiger partial charge is 0.0406 e. The quantitative estimate of drug-likeness (QED) is 0.844. The fourth-order valence-electron chi connectivity index (χ4n) is 2.28. The molecule has 0 amide bonds. The summed E-state index contributed by atoms with van der Waals surface area (Å²) in [4.78, 5) is 2.31. The van der Waals surface area contributed by atoms with Crippen LogP contribution in [0.2, 0.25) is 5.02 Å². The predicted octanol–water partition coefficient (Wildman–Crippen LogP) is 4.42. The second kappa shape index (κ2) is 6.29. The average molecular weight is 289 g/mol. The van der Waals surface area contributed by atoms with E-state index in [2.05, 4.69) is 44.0 Å². The minimum Gasteiger partial charge on any atom is -0.399 e. The van der Waals surface area contributed by atoms with Gasteiger partial charge in [0.15, 0.2) is 0 Å². The van der Waals surface area contributed by atoms with Crippen molar-refractivity contribution in [2.24, 2.45) is 0 Å². The number of nitrogens with zero attached hydrogens (tertiary/aromatic N) is 1. The molecule has 0 aliphatic rings. The Kier molecular flexibility index (Phi) is 4.69. The van der Waals surface area contributed by atoms with Gasteiger partial charge in [-0.2, -0.15) is 0 Å². The fraction of sp³-hybridized carbons (Fsp3) is 0.294. The van der Waals surface area contributed by atoms with Gasteiger partial charge in [-0.15, -0.1) is 0 Å². The van der Waals surface area contributed by atoms with Gasteiger partial charge in [0.2, 0.25) is 0 Å². The first-order chi connectivity index (χ1) is 9.49. The Bertz CT molecular complexity index is 578. The second-order valence-corrected chi connectivity index (χ2v) is 5.71. The first kappa shape index (κ1) is 14.9. The maximum absolute atomic E-state index is 5.97. The molecule has 2 aromatic carbocycles. The molecule has 2 rings (SSSR count). The van der Waals surface area contributed by atoms with Crippen LogP contribution in [0, 0.1) is 6.92 Å². The second-order valence-electron chi connectivity index (χ2n) is 5.27. The highest BCUT2D eigenvalue weighted by molar-refractivity contribution is 6.30. The summed E-state index contributed by atoms with van der Waals surface area (Å²) in [5.74, 6) is 0. The van der Waals surface area contributed by atoms with E-state index in [0.717, 1.165) is 17.3 Å². The SMILES string of the molecule is Cc1c(N)cccc1CN(C)C(C)c1ccc(Cl)cc1. The van der Waals surface area contributed by atoms with E-state index in [0.29, 0.717) is 6.04 Å². The number of nitrogens with two attached hydrogens (primary N) is 1. The number of anilines is 1. The molecule has 0 heterocycles. The van der Waals surface area contributed by atoms with Crippen molar-refractivity contribution in [2.45, 2.75) is 26.4 Å². The molecule has 20 heavy (non-hydrogen) atoms. The van der Waals surface area contributed by atoms with Gasteiger partial charge in [0.1, 0.15) is 0 Å². The van der Waals surface area contributed by atoms with Crippen LogP contribution >= 0.6 is 11.6 Å². The molecular weight excluding hydrogens is 268 g/mol. The van der Waals surface area contributed by atoms with E-state index < -0.39 is 0 Å². The zero-order valence-electron chi connectivity index (χ0n) is 12.2. The molecule has 2 aromatic rings. The van der Waals surface area contributed by atoms with Crippen molar-refractivity contribution >= 4 is 17.3 Å². The van der Waals surface area contributed by atoms with Crippen LogP contribution < -0.4 is 5.73 Å². The molecule has 1 unspecified atom stereocenters. The monoisotopic (exact) mass is 288 g/mol. The highest BCUT2D eigenvalue weighted by Gasteiger charge is 2.13. The molecule has 0 saturated carbocycles. The van der Waals surface area contributed by atoms with Crippen molar-refractivity contribution in [3.05, 3.63) is 64.2 Å². The Labute approximate surface area is 126 Å². The van der Waals surface area contributed by atoms with E-state index >= 15 is 0 Å². The summed E-state index contributed by atoms with van der Waals surface area (Å²) >= 11 is 5.94. The molecule has 0 spiro atoms. The first-order valence-corrected chi connectivity index (χ1v) is 7.16. The summed E-state index contributed by atoms with van der Waals surface area (Å²) < 4.78 is 0. The summed E-state index contributed by atoms with van der Waals surface area (Å²) in [7, 11) is 2.13. The Morgan fingerprint density at radius 3 is 2.45 bits per heavy atom. The van der Waals surface area contributed by atoms with Crippen molar-refractivity contribution in [1.29, 1.82) is 0 Å². The molecule has 0 fully saturated rings. The van der Waals surface area contributed by atoms with Crippen LogP contribution in [0.3, 0.4) is 0 Å². The van der Waals surface area contributed by atoms with Gasteiger partial charge in [0.05, 0.1) is 0 Å². The molecule has 0 aromatic heterocycles. The molecule has 0 saturated heterocycles. The van der Waals surface area contributed by atoms with Crippen molar-refractivity contribution in [3.63, 3.8) is 0 Å². The van der Waals surface area contributed by atoms with E-state index in [1.807, 2.05) is 24.3 Å². The Morgan fingerprint density at radius 1 is 1.15 bits per heavy atom. The van der Waals surface area contributed by atoms with Crippen LogP contribution in [0.25, 0.3) is 0 Å². The van der Waals surface area contributed by atoms with E-state index in [9.17, 15) is 0 Å². The molecular formula is C17H21ClN2. The highest BCUT2D eigenvalue weighted by atomic mass is 35.5. The minimum absolute atomic E-state index is 0.327. The molecule has 2 N–H and O–H groups in total. The van der Waals surface area contributed by atoms with E-state index in [-0.39, 0.29) is 0 Å². The lowest BCUT2D eigenvalue weighted by molar-refractivity contribution is 0.252. The number of hydrogen-bond donors (Lipinski definition) is 1. The largest absolute Gasteiger partial charge is 0.399 e. The Hall–Kier alpha value is -1.51. The topological polar surface area (TPSA) is 29.3 Å². The van der Waals surface area contributed by atoms with Crippen LogP contribution in [-0.4, -0.2) is 11.9 Å². The van der Waals surface area contributed by atoms with Crippen LogP contribution in [0.15, 0.2) is 42.5 Å². The molecule has 106 valence electrons.